The molecular weight excluding hydrogens is 240 g/mol. The highest BCUT2D eigenvalue weighted by atomic mass is 16.6. The summed E-state index contributed by atoms with van der Waals surface area (Å²) < 4.78 is 5.46. The first-order valence-corrected chi connectivity index (χ1v) is 6.72. The Bertz CT molecular complexity index is 465. The van der Waals surface area contributed by atoms with Crippen molar-refractivity contribution in [3.8, 4) is 0 Å². The molecule has 1 aromatic carbocycles. The maximum Gasteiger partial charge on any atom is 0.414 e. The molecule has 1 heterocycles. The number of nitrogens with zero attached hydrogens (tertiary/aromatic N) is 1. The Labute approximate surface area is 114 Å². The average molecular weight is 262 g/mol. The van der Waals surface area contributed by atoms with E-state index in [2.05, 4.69) is 6.07 Å². The molecule has 1 aliphatic rings. The molecule has 2 N–H and O–H groups in total. The van der Waals surface area contributed by atoms with Gasteiger partial charge in [0.1, 0.15) is 5.60 Å². The minimum Gasteiger partial charge on any atom is -0.443 e. The molecule has 1 aliphatic heterocycles. The Morgan fingerprint density at radius 2 is 2.11 bits per heavy atom. The topological polar surface area (TPSA) is 55.6 Å². The number of fused-ring (bicyclic) bond motifs is 1. The number of para-hydroxylation sites is 1. The minimum absolute atomic E-state index is 0.278. The number of ether oxygens (including phenoxy) is 1. The monoisotopic (exact) mass is 262 g/mol. The standard InChI is InChI=1S/C15H22N2O2/c1-15(2,3)19-14(18)17-10-11(8-9-16)12-6-4-5-7-13(12)17/h4-7,11H,8-10,16H2,1-3H3/t11-/m1/s1. The van der Waals surface area contributed by atoms with Crippen molar-refractivity contribution in [3.63, 3.8) is 0 Å². The fourth-order valence-electron chi connectivity index (χ4n) is 2.43. The van der Waals surface area contributed by atoms with Gasteiger partial charge in [-0.2, -0.15) is 0 Å². The van der Waals surface area contributed by atoms with Crippen LogP contribution in [0.3, 0.4) is 0 Å². The van der Waals surface area contributed by atoms with Gasteiger partial charge in [0.15, 0.2) is 0 Å². The van der Waals surface area contributed by atoms with E-state index in [0.29, 0.717) is 19.0 Å². The molecule has 1 aromatic rings. The zero-order chi connectivity index (χ0) is 14.0. The smallest absolute Gasteiger partial charge is 0.414 e. The van der Waals surface area contributed by atoms with E-state index < -0.39 is 5.60 Å². The zero-order valence-electron chi connectivity index (χ0n) is 11.8. The van der Waals surface area contributed by atoms with Gasteiger partial charge in [0.05, 0.1) is 5.69 Å². The van der Waals surface area contributed by atoms with Crippen molar-refractivity contribution in [2.75, 3.05) is 18.0 Å². The molecule has 4 heteroatoms. The lowest BCUT2D eigenvalue weighted by Gasteiger charge is -2.25. The maximum absolute atomic E-state index is 12.2. The summed E-state index contributed by atoms with van der Waals surface area (Å²) in [5.41, 5.74) is 7.33. The zero-order valence-corrected chi connectivity index (χ0v) is 11.8. The molecule has 0 radical (unpaired) electrons. The van der Waals surface area contributed by atoms with Gasteiger partial charge >= 0.3 is 6.09 Å². The van der Waals surface area contributed by atoms with Crippen LogP contribution in [0.1, 0.15) is 38.7 Å². The Morgan fingerprint density at radius 3 is 2.74 bits per heavy atom. The van der Waals surface area contributed by atoms with Gasteiger partial charge in [-0.15, -0.1) is 0 Å². The third-order valence-electron chi connectivity index (χ3n) is 3.20. The Morgan fingerprint density at radius 1 is 1.42 bits per heavy atom. The second-order valence-corrected chi connectivity index (χ2v) is 5.92. The number of rotatable bonds is 2. The van der Waals surface area contributed by atoms with Crippen LogP contribution < -0.4 is 10.6 Å². The Kier molecular flexibility index (Phi) is 3.80. The predicted molar refractivity (Wildman–Crippen MR) is 76.4 cm³/mol. The van der Waals surface area contributed by atoms with Crippen LogP contribution in [0.15, 0.2) is 24.3 Å². The van der Waals surface area contributed by atoms with E-state index in [0.717, 1.165) is 12.1 Å². The van der Waals surface area contributed by atoms with Gasteiger partial charge in [-0.25, -0.2) is 4.79 Å². The first kappa shape index (κ1) is 13.9. The van der Waals surface area contributed by atoms with Crippen LogP contribution in [-0.2, 0) is 4.74 Å². The minimum atomic E-state index is -0.474. The lowest BCUT2D eigenvalue weighted by Crippen LogP contribution is -2.36. The summed E-state index contributed by atoms with van der Waals surface area (Å²) in [5.74, 6) is 0.314. The number of carbonyl (C=O) groups excluding carboxylic acids is 1. The van der Waals surface area contributed by atoms with Gasteiger partial charge in [0.25, 0.3) is 0 Å². The molecule has 1 atom stereocenters. The van der Waals surface area contributed by atoms with Crippen molar-refractivity contribution in [2.45, 2.75) is 38.7 Å². The fraction of sp³-hybridized carbons (Fsp3) is 0.533. The molecular formula is C15H22N2O2. The summed E-state index contributed by atoms with van der Waals surface area (Å²) in [4.78, 5) is 14.0. The normalized spacial score (nSPS) is 18.3. The van der Waals surface area contributed by atoms with Crippen LogP contribution in [0.2, 0.25) is 0 Å². The number of hydrogen-bond acceptors (Lipinski definition) is 3. The molecule has 0 aliphatic carbocycles. The van der Waals surface area contributed by atoms with Crippen molar-refractivity contribution in [2.24, 2.45) is 5.73 Å². The molecule has 0 bridgehead atoms. The van der Waals surface area contributed by atoms with Crippen LogP contribution in [0.5, 0.6) is 0 Å². The second kappa shape index (κ2) is 5.21. The quantitative estimate of drug-likeness (QED) is 0.891. The number of amides is 1. The Balaban J connectivity index is 2.22. The van der Waals surface area contributed by atoms with Gasteiger partial charge < -0.3 is 10.5 Å². The molecule has 0 aromatic heterocycles. The molecule has 0 saturated heterocycles. The van der Waals surface area contributed by atoms with Crippen molar-refractivity contribution in [3.05, 3.63) is 29.8 Å². The first-order valence-electron chi connectivity index (χ1n) is 6.72. The number of carbonyl (C=O) groups is 1. The lowest BCUT2D eigenvalue weighted by molar-refractivity contribution is 0.0582. The number of hydrogen-bond donors (Lipinski definition) is 1. The van der Waals surface area contributed by atoms with Crippen LogP contribution >= 0.6 is 0 Å². The van der Waals surface area contributed by atoms with E-state index in [1.807, 2.05) is 39.0 Å². The summed E-state index contributed by atoms with van der Waals surface area (Å²) >= 11 is 0. The summed E-state index contributed by atoms with van der Waals surface area (Å²) in [6, 6.07) is 7.98. The SMILES string of the molecule is CC(C)(C)OC(=O)N1C[C@@H](CCN)c2ccccc21. The van der Waals surface area contributed by atoms with Crippen LogP contribution in [0.25, 0.3) is 0 Å². The first-order chi connectivity index (χ1) is 8.92. The summed E-state index contributed by atoms with van der Waals surface area (Å²) in [5, 5.41) is 0. The number of nitrogens with two attached hydrogens (primary N) is 1. The van der Waals surface area contributed by atoms with Crippen molar-refractivity contribution < 1.29 is 9.53 Å². The fourth-order valence-corrected chi connectivity index (χ4v) is 2.43. The van der Waals surface area contributed by atoms with E-state index in [-0.39, 0.29) is 6.09 Å². The van der Waals surface area contributed by atoms with Gasteiger partial charge in [-0.1, -0.05) is 18.2 Å². The van der Waals surface area contributed by atoms with Crippen molar-refractivity contribution in [1.29, 1.82) is 0 Å². The van der Waals surface area contributed by atoms with E-state index >= 15 is 0 Å². The molecule has 0 spiro atoms. The number of benzene rings is 1. The van der Waals surface area contributed by atoms with Crippen LogP contribution in [-0.4, -0.2) is 24.8 Å². The van der Waals surface area contributed by atoms with Crippen molar-refractivity contribution in [1.82, 2.24) is 0 Å². The predicted octanol–water partition coefficient (Wildman–Crippen LogP) is 2.87. The molecule has 0 unspecified atom stereocenters. The molecule has 0 saturated carbocycles. The van der Waals surface area contributed by atoms with Crippen molar-refractivity contribution >= 4 is 11.8 Å². The van der Waals surface area contributed by atoms with E-state index in [9.17, 15) is 4.79 Å². The molecule has 104 valence electrons. The summed E-state index contributed by atoms with van der Waals surface area (Å²) in [6.45, 7) is 6.92. The van der Waals surface area contributed by atoms with Crippen LogP contribution in [0.4, 0.5) is 10.5 Å². The highest BCUT2D eigenvalue weighted by Gasteiger charge is 2.33. The highest BCUT2D eigenvalue weighted by molar-refractivity contribution is 5.91. The van der Waals surface area contributed by atoms with Gasteiger partial charge in [-0.3, -0.25) is 4.90 Å². The molecule has 1 amide bonds. The maximum atomic E-state index is 12.2. The molecule has 4 nitrogen and oxygen atoms in total. The van der Waals surface area contributed by atoms with Gasteiger partial charge in [0.2, 0.25) is 0 Å². The molecule has 0 fully saturated rings. The van der Waals surface area contributed by atoms with E-state index in [1.165, 1.54) is 5.56 Å². The summed E-state index contributed by atoms with van der Waals surface area (Å²) in [6.07, 6.45) is 0.607. The molecule has 19 heavy (non-hydrogen) atoms. The largest absolute Gasteiger partial charge is 0.443 e. The second-order valence-electron chi connectivity index (χ2n) is 5.92. The third-order valence-corrected chi connectivity index (χ3v) is 3.20. The Hall–Kier alpha value is -1.55. The summed E-state index contributed by atoms with van der Waals surface area (Å²) in [7, 11) is 0. The van der Waals surface area contributed by atoms with E-state index in [4.69, 9.17) is 10.5 Å². The number of anilines is 1. The lowest BCUT2D eigenvalue weighted by atomic mass is 9.98. The van der Waals surface area contributed by atoms with E-state index in [1.54, 1.807) is 4.90 Å². The van der Waals surface area contributed by atoms with Crippen LogP contribution in [0, 0.1) is 0 Å². The van der Waals surface area contributed by atoms with Gasteiger partial charge in [-0.05, 0) is 45.4 Å². The highest BCUT2D eigenvalue weighted by Crippen LogP contribution is 2.38. The van der Waals surface area contributed by atoms with Gasteiger partial charge in [0, 0.05) is 12.5 Å². The third kappa shape index (κ3) is 3.07. The molecule has 2 rings (SSSR count). The average Bonchev–Trinajstić information content (AvgIpc) is 2.67.